The van der Waals surface area contributed by atoms with Gasteiger partial charge in [0.2, 0.25) is 0 Å². The third-order valence-electron chi connectivity index (χ3n) is 5.88. The van der Waals surface area contributed by atoms with E-state index < -0.39 is 0 Å². The first kappa shape index (κ1) is 20.1. The SMILES string of the molecule is COc1ccccc1CN[C@H]1CC(c2sc(C)cc2C)CN[C@H]1c1ccccc1. The Kier molecular flexibility index (Phi) is 6.34. The van der Waals surface area contributed by atoms with Crippen LogP contribution < -0.4 is 15.4 Å². The van der Waals surface area contributed by atoms with Gasteiger partial charge in [-0.1, -0.05) is 48.5 Å². The molecule has 0 bridgehead atoms. The topological polar surface area (TPSA) is 33.3 Å². The van der Waals surface area contributed by atoms with Gasteiger partial charge in [-0.05, 0) is 43.5 Å². The summed E-state index contributed by atoms with van der Waals surface area (Å²) >= 11 is 1.95. The van der Waals surface area contributed by atoms with Crippen molar-refractivity contribution >= 4 is 11.3 Å². The second-order valence-corrected chi connectivity index (χ2v) is 9.22. The quantitative estimate of drug-likeness (QED) is 0.579. The molecule has 3 atom stereocenters. The molecule has 1 unspecified atom stereocenters. The lowest BCUT2D eigenvalue weighted by atomic mass is 9.85. The van der Waals surface area contributed by atoms with Crippen molar-refractivity contribution in [3.05, 3.63) is 87.1 Å². The van der Waals surface area contributed by atoms with Crippen LogP contribution in [0.5, 0.6) is 5.75 Å². The fraction of sp³-hybridized carbons (Fsp3) is 0.360. The molecule has 0 spiro atoms. The van der Waals surface area contributed by atoms with Gasteiger partial charge in [0.05, 0.1) is 7.11 Å². The molecule has 0 aliphatic carbocycles. The highest BCUT2D eigenvalue weighted by atomic mass is 32.1. The molecule has 0 radical (unpaired) electrons. The zero-order valence-corrected chi connectivity index (χ0v) is 18.3. The molecule has 1 aromatic heterocycles. The van der Waals surface area contributed by atoms with E-state index >= 15 is 0 Å². The minimum Gasteiger partial charge on any atom is -0.496 e. The summed E-state index contributed by atoms with van der Waals surface area (Å²) in [6.45, 7) is 6.28. The number of ether oxygens (including phenoxy) is 1. The Bertz CT molecular complexity index is 937. The zero-order valence-electron chi connectivity index (χ0n) is 17.4. The Hall–Kier alpha value is -2.14. The fourth-order valence-electron chi connectivity index (χ4n) is 4.50. The van der Waals surface area contributed by atoms with Gasteiger partial charge in [-0.15, -0.1) is 11.3 Å². The molecule has 1 aliphatic heterocycles. The molecule has 1 aliphatic rings. The lowest BCUT2D eigenvalue weighted by Crippen LogP contribution is -2.48. The van der Waals surface area contributed by atoms with Crippen LogP contribution in [0.25, 0.3) is 0 Å². The Labute approximate surface area is 178 Å². The number of para-hydroxylation sites is 1. The molecule has 2 heterocycles. The second kappa shape index (κ2) is 9.12. The van der Waals surface area contributed by atoms with E-state index in [4.69, 9.17) is 4.74 Å². The molecular formula is C25H30N2OS. The van der Waals surface area contributed by atoms with Crippen LogP contribution in [-0.2, 0) is 6.54 Å². The summed E-state index contributed by atoms with van der Waals surface area (Å²) in [5.41, 5.74) is 3.98. The van der Waals surface area contributed by atoms with Gasteiger partial charge < -0.3 is 15.4 Å². The fourth-order valence-corrected chi connectivity index (χ4v) is 5.65. The summed E-state index contributed by atoms with van der Waals surface area (Å²) < 4.78 is 5.55. The average molecular weight is 407 g/mol. The molecule has 152 valence electrons. The highest BCUT2D eigenvalue weighted by Crippen LogP contribution is 2.37. The van der Waals surface area contributed by atoms with E-state index in [-0.39, 0.29) is 0 Å². The first-order valence-electron chi connectivity index (χ1n) is 10.4. The summed E-state index contributed by atoms with van der Waals surface area (Å²) in [6.07, 6.45) is 1.13. The largest absolute Gasteiger partial charge is 0.496 e. The first-order chi connectivity index (χ1) is 14.2. The van der Waals surface area contributed by atoms with Crippen molar-refractivity contribution in [3.63, 3.8) is 0 Å². The van der Waals surface area contributed by atoms with Crippen LogP contribution in [0.15, 0.2) is 60.7 Å². The average Bonchev–Trinajstić information content (AvgIpc) is 3.10. The molecule has 4 rings (SSSR count). The van der Waals surface area contributed by atoms with Crippen LogP contribution >= 0.6 is 11.3 Å². The molecule has 3 aromatic rings. The molecule has 1 saturated heterocycles. The molecule has 2 N–H and O–H groups in total. The molecule has 3 nitrogen and oxygen atoms in total. The van der Waals surface area contributed by atoms with E-state index in [1.165, 1.54) is 26.4 Å². The van der Waals surface area contributed by atoms with Crippen LogP contribution in [0.2, 0.25) is 0 Å². The van der Waals surface area contributed by atoms with Crippen molar-refractivity contribution in [2.24, 2.45) is 0 Å². The van der Waals surface area contributed by atoms with Crippen LogP contribution in [0.3, 0.4) is 0 Å². The second-order valence-electron chi connectivity index (χ2n) is 7.93. The van der Waals surface area contributed by atoms with E-state index in [1.54, 1.807) is 7.11 Å². The minimum absolute atomic E-state index is 0.309. The Balaban J connectivity index is 1.56. The molecular weight excluding hydrogens is 376 g/mol. The molecule has 29 heavy (non-hydrogen) atoms. The van der Waals surface area contributed by atoms with Crippen LogP contribution in [-0.4, -0.2) is 19.7 Å². The van der Waals surface area contributed by atoms with E-state index in [0.717, 1.165) is 25.3 Å². The minimum atomic E-state index is 0.309. The Morgan fingerprint density at radius 1 is 1.07 bits per heavy atom. The number of rotatable bonds is 6. The molecule has 0 saturated carbocycles. The van der Waals surface area contributed by atoms with E-state index in [2.05, 4.69) is 73.0 Å². The maximum Gasteiger partial charge on any atom is 0.123 e. The lowest BCUT2D eigenvalue weighted by Gasteiger charge is -2.38. The van der Waals surface area contributed by atoms with Crippen molar-refractivity contribution in [2.75, 3.05) is 13.7 Å². The number of benzene rings is 2. The summed E-state index contributed by atoms with van der Waals surface area (Å²) in [5, 5.41) is 7.70. The number of piperidine rings is 1. The number of nitrogens with one attached hydrogen (secondary N) is 2. The van der Waals surface area contributed by atoms with Crippen molar-refractivity contribution in [3.8, 4) is 5.75 Å². The van der Waals surface area contributed by atoms with E-state index in [0.29, 0.717) is 18.0 Å². The third kappa shape index (κ3) is 4.55. The molecule has 4 heteroatoms. The van der Waals surface area contributed by atoms with Gasteiger partial charge in [0.1, 0.15) is 5.75 Å². The highest BCUT2D eigenvalue weighted by Gasteiger charge is 2.33. The normalized spacial score (nSPS) is 21.8. The van der Waals surface area contributed by atoms with Crippen LogP contribution in [0, 0.1) is 13.8 Å². The summed E-state index contributed by atoms with van der Waals surface area (Å²) in [7, 11) is 1.74. The number of methoxy groups -OCH3 is 1. The maximum absolute atomic E-state index is 5.55. The number of hydrogen-bond donors (Lipinski definition) is 2. The predicted molar refractivity (Wildman–Crippen MR) is 122 cm³/mol. The number of aryl methyl sites for hydroxylation is 2. The maximum atomic E-state index is 5.55. The summed E-state index contributed by atoms with van der Waals surface area (Å²) in [4.78, 5) is 2.94. The van der Waals surface area contributed by atoms with Gasteiger partial charge in [-0.25, -0.2) is 0 Å². The lowest BCUT2D eigenvalue weighted by molar-refractivity contribution is 0.280. The van der Waals surface area contributed by atoms with Crippen molar-refractivity contribution in [2.45, 2.75) is 44.8 Å². The molecule has 2 aromatic carbocycles. The van der Waals surface area contributed by atoms with Crippen molar-refractivity contribution in [1.29, 1.82) is 0 Å². The Morgan fingerprint density at radius 3 is 2.55 bits per heavy atom. The van der Waals surface area contributed by atoms with Gasteiger partial charge in [-0.2, -0.15) is 0 Å². The van der Waals surface area contributed by atoms with Crippen molar-refractivity contribution in [1.82, 2.24) is 10.6 Å². The van der Waals surface area contributed by atoms with Gasteiger partial charge >= 0.3 is 0 Å². The van der Waals surface area contributed by atoms with Crippen molar-refractivity contribution < 1.29 is 4.74 Å². The smallest absolute Gasteiger partial charge is 0.123 e. The third-order valence-corrected chi connectivity index (χ3v) is 7.20. The standard InChI is InChI=1S/C25H30N2OS/c1-17-13-18(2)29-25(17)21-14-22(24(27-16-21)19-9-5-4-6-10-19)26-15-20-11-7-8-12-23(20)28-3/h4-13,21-22,24,26-27H,14-16H2,1-3H3/t21?,22-,24-/m0/s1. The number of hydrogen-bond acceptors (Lipinski definition) is 4. The summed E-state index contributed by atoms with van der Waals surface area (Å²) in [5.74, 6) is 1.49. The molecule has 1 fully saturated rings. The highest BCUT2D eigenvalue weighted by molar-refractivity contribution is 7.12. The van der Waals surface area contributed by atoms with E-state index in [9.17, 15) is 0 Å². The van der Waals surface area contributed by atoms with Crippen LogP contribution in [0.4, 0.5) is 0 Å². The van der Waals surface area contributed by atoms with Gasteiger partial charge in [-0.3, -0.25) is 0 Å². The molecule has 0 amide bonds. The first-order valence-corrected chi connectivity index (χ1v) is 11.2. The monoisotopic (exact) mass is 406 g/mol. The summed E-state index contributed by atoms with van der Waals surface area (Å²) in [6, 6.07) is 22.1. The van der Waals surface area contributed by atoms with Gasteiger partial charge in [0.15, 0.2) is 0 Å². The van der Waals surface area contributed by atoms with Gasteiger partial charge in [0.25, 0.3) is 0 Å². The Morgan fingerprint density at radius 2 is 1.83 bits per heavy atom. The number of thiophene rings is 1. The van der Waals surface area contributed by atoms with E-state index in [1.807, 2.05) is 23.5 Å². The van der Waals surface area contributed by atoms with Crippen LogP contribution in [0.1, 0.15) is 44.8 Å². The zero-order chi connectivity index (χ0) is 20.2. The predicted octanol–water partition coefficient (Wildman–Crippen LogP) is 5.35. The van der Waals surface area contributed by atoms with Gasteiger partial charge in [0, 0.05) is 46.4 Å².